The van der Waals surface area contributed by atoms with Gasteiger partial charge >= 0.3 is 0 Å². The van der Waals surface area contributed by atoms with Crippen molar-refractivity contribution in [1.29, 1.82) is 0 Å². The quantitative estimate of drug-likeness (QED) is 0.181. The molecule has 9 rings (SSSR count). The van der Waals surface area contributed by atoms with Crippen molar-refractivity contribution in [1.82, 2.24) is 19.9 Å². The Morgan fingerprint density at radius 2 is 0.811 bits per heavy atom. The fourth-order valence-electron chi connectivity index (χ4n) is 8.39. The van der Waals surface area contributed by atoms with Crippen LogP contribution in [0.1, 0.15) is 52.7 Å². The van der Waals surface area contributed by atoms with E-state index < -0.39 is 0 Å². The maximum atomic E-state index is 5.26. The van der Waals surface area contributed by atoms with Gasteiger partial charge in [0.25, 0.3) is 0 Å². The van der Waals surface area contributed by atoms with Gasteiger partial charge in [-0.3, -0.25) is 0 Å². The molecule has 3 heterocycles. The van der Waals surface area contributed by atoms with Crippen LogP contribution < -0.4 is 0 Å². The number of nitrogens with zero attached hydrogens (tertiary/aromatic N) is 4. The average Bonchev–Trinajstić information content (AvgIpc) is 3.30. The standard InChI is InChI=1S/C49H42N4/c1-47(2)38-28-27-33(29-39(38)48(3,4)49(47,5)6)46-52-44(42-25-13-23-40(50-42)36-21-11-17-31-15-7-9-19-34(31)36)30-45(53-46)43-26-14-24-41(51-43)37-22-12-18-32-16-8-10-20-35(32)37/h7-30H,1-6H3. The number of hydrogen-bond donors (Lipinski definition) is 0. The van der Waals surface area contributed by atoms with Crippen LogP contribution in [0.2, 0.25) is 0 Å². The molecule has 0 saturated heterocycles. The second-order valence-corrected chi connectivity index (χ2v) is 16.0. The molecule has 258 valence electrons. The van der Waals surface area contributed by atoms with Crippen LogP contribution in [0.4, 0.5) is 0 Å². The summed E-state index contributed by atoms with van der Waals surface area (Å²) in [4.78, 5) is 21.0. The third-order valence-corrected chi connectivity index (χ3v) is 12.6. The van der Waals surface area contributed by atoms with Crippen LogP contribution in [0.5, 0.6) is 0 Å². The second kappa shape index (κ2) is 12.0. The molecule has 0 aliphatic heterocycles. The van der Waals surface area contributed by atoms with E-state index in [1.54, 1.807) is 0 Å². The maximum absolute atomic E-state index is 5.26. The summed E-state index contributed by atoms with van der Waals surface area (Å²) >= 11 is 0. The van der Waals surface area contributed by atoms with Gasteiger partial charge in [0.2, 0.25) is 0 Å². The Balaban J connectivity index is 1.23. The fraction of sp³-hybridized carbons (Fsp3) is 0.184. The zero-order valence-electron chi connectivity index (χ0n) is 31.1. The summed E-state index contributed by atoms with van der Waals surface area (Å²) in [6, 6.07) is 50.9. The van der Waals surface area contributed by atoms with Gasteiger partial charge in [-0.15, -0.1) is 0 Å². The van der Waals surface area contributed by atoms with E-state index in [0.717, 1.165) is 50.9 Å². The SMILES string of the molecule is CC1(C)c2ccc(-c3nc(-c4cccc(-c5cccc6ccccc56)n4)cc(-c4cccc(-c5cccc6ccccc56)n4)n3)cc2C(C)(C)C1(C)C. The van der Waals surface area contributed by atoms with E-state index in [9.17, 15) is 0 Å². The Bertz CT molecular complexity index is 2570. The molecule has 53 heavy (non-hydrogen) atoms. The first-order valence-corrected chi connectivity index (χ1v) is 18.5. The van der Waals surface area contributed by atoms with Crippen molar-refractivity contribution in [2.75, 3.05) is 0 Å². The molecule has 3 aromatic heterocycles. The van der Waals surface area contributed by atoms with E-state index in [1.165, 1.54) is 32.7 Å². The van der Waals surface area contributed by atoms with Crippen molar-refractivity contribution in [3.63, 3.8) is 0 Å². The molecule has 0 atom stereocenters. The number of aromatic nitrogens is 4. The molecule has 0 bridgehead atoms. The highest BCUT2D eigenvalue weighted by molar-refractivity contribution is 5.97. The predicted octanol–water partition coefficient (Wildman–Crippen LogP) is 12.5. The lowest BCUT2D eigenvalue weighted by atomic mass is 9.59. The summed E-state index contributed by atoms with van der Waals surface area (Å²) < 4.78 is 0. The Hall–Kier alpha value is -6.00. The molecular formula is C49H42N4. The smallest absolute Gasteiger partial charge is 0.160 e. The molecule has 8 aromatic rings. The Morgan fingerprint density at radius 1 is 0.358 bits per heavy atom. The zero-order chi connectivity index (χ0) is 36.5. The molecule has 5 aromatic carbocycles. The Morgan fingerprint density at radius 3 is 1.36 bits per heavy atom. The molecule has 1 aliphatic carbocycles. The number of rotatable bonds is 5. The summed E-state index contributed by atoms with van der Waals surface area (Å²) in [5.41, 5.74) is 10.8. The highest BCUT2D eigenvalue weighted by atomic mass is 14.9. The third kappa shape index (κ3) is 5.19. The minimum absolute atomic E-state index is 0.0101. The van der Waals surface area contributed by atoms with Gasteiger partial charge in [-0.1, -0.05) is 151 Å². The van der Waals surface area contributed by atoms with Gasteiger partial charge in [0.15, 0.2) is 5.82 Å². The lowest BCUT2D eigenvalue weighted by Crippen LogP contribution is -2.42. The average molecular weight is 687 g/mol. The third-order valence-electron chi connectivity index (χ3n) is 12.6. The topological polar surface area (TPSA) is 51.6 Å². The van der Waals surface area contributed by atoms with Crippen LogP contribution in [0.15, 0.2) is 146 Å². The van der Waals surface area contributed by atoms with Crippen LogP contribution in [0, 0.1) is 5.41 Å². The molecule has 0 fully saturated rings. The van der Waals surface area contributed by atoms with E-state index in [-0.39, 0.29) is 16.2 Å². The first kappa shape index (κ1) is 32.9. The largest absolute Gasteiger partial charge is 0.246 e. The van der Waals surface area contributed by atoms with E-state index in [4.69, 9.17) is 19.9 Å². The number of hydrogen-bond acceptors (Lipinski definition) is 4. The summed E-state index contributed by atoms with van der Waals surface area (Å²) in [6.07, 6.45) is 0. The molecule has 0 spiro atoms. The number of fused-ring (bicyclic) bond motifs is 3. The van der Waals surface area contributed by atoms with Gasteiger partial charge in [0.05, 0.1) is 34.2 Å². The van der Waals surface area contributed by atoms with Crippen molar-refractivity contribution in [3.05, 3.63) is 157 Å². The van der Waals surface area contributed by atoms with Crippen LogP contribution >= 0.6 is 0 Å². The van der Waals surface area contributed by atoms with Crippen molar-refractivity contribution in [2.24, 2.45) is 5.41 Å². The van der Waals surface area contributed by atoms with Crippen molar-refractivity contribution >= 4 is 21.5 Å². The highest BCUT2D eigenvalue weighted by Gasteiger charge is 2.56. The monoisotopic (exact) mass is 686 g/mol. The zero-order valence-corrected chi connectivity index (χ0v) is 31.1. The minimum Gasteiger partial charge on any atom is -0.246 e. The molecule has 4 heteroatoms. The van der Waals surface area contributed by atoms with Crippen LogP contribution in [0.3, 0.4) is 0 Å². The summed E-state index contributed by atoms with van der Waals surface area (Å²) in [5, 5.41) is 4.72. The molecule has 0 radical (unpaired) electrons. The lowest BCUT2D eigenvalue weighted by Gasteiger charge is -2.44. The van der Waals surface area contributed by atoms with Gasteiger partial charge in [-0.25, -0.2) is 19.9 Å². The van der Waals surface area contributed by atoms with E-state index in [2.05, 4.69) is 169 Å². The molecular weight excluding hydrogens is 645 g/mol. The Labute approximate surface area is 311 Å². The van der Waals surface area contributed by atoms with Gasteiger partial charge < -0.3 is 0 Å². The maximum Gasteiger partial charge on any atom is 0.160 e. The van der Waals surface area contributed by atoms with Gasteiger partial charge in [-0.05, 0) is 85.3 Å². The summed E-state index contributed by atoms with van der Waals surface area (Å²) in [7, 11) is 0. The minimum atomic E-state index is -0.0506. The van der Waals surface area contributed by atoms with Crippen LogP contribution in [-0.2, 0) is 10.8 Å². The van der Waals surface area contributed by atoms with E-state index >= 15 is 0 Å². The van der Waals surface area contributed by atoms with E-state index in [1.807, 2.05) is 18.2 Å². The first-order valence-electron chi connectivity index (χ1n) is 18.5. The van der Waals surface area contributed by atoms with Gasteiger partial charge in [-0.2, -0.15) is 0 Å². The number of benzene rings is 5. The van der Waals surface area contributed by atoms with Gasteiger partial charge in [0, 0.05) is 16.7 Å². The molecule has 0 unspecified atom stereocenters. The van der Waals surface area contributed by atoms with Crippen molar-refractivity contribution < 1.29 is 0 Å². The summed E-state index contributed by atoms with van der Waals surface area (Å²) in [6.45, 7) is 14.3. The highest BCUT2D eigenvalue weighted by Crippen LogP contribution is 2.61. The molecule has 0 saturated carbocycles. The van der Waals surface area contributed by atoms with Crippen molar-refractivity contribution in [2.45, 2.75) is 52.4 Å². The van der Waals surface area contributed by atoms with Crippen LogP contribution in [-0.4, -0.2) is 19.9 Å². The van der Waals surface area contributed by atoms with Crippen LogP contribution in [0.25, 0.3) is 78.2 Å². The van der Waals surface area contributed by atoms with Crippen molar-refractivity contribution in [3.8, 4) is 56.7 Å². The molecule has 4 nitrogen and oxygen atoms in total. The second-order valence-electron chi connectivity index (χ2n) is 16.0. The normalized spacial score (nSPS) is 15.4. The molecule has 1 aliphatic rings. The molecule has 0 N–H and O–H groups in total. The Kier molecular flexibility index (Phi) is 7.46. The fourth-order valence-corrected chi connectivity index (χ4v) is 8.39. The van der Waals surface area contributed by atoms with E-state index in [0.29, 0.717) is 5.82 Å². The molecule has 0 amide bonds. The first-order chi connectivity index (χ1) is 25.5. The number of pyridine rings is 2. The van der Waals surface area contributed by atoms with Gasteiger partial charge in [0.1, 0.15) is 0 Å². The summed E-state index contributed by atoms with van der Waals surface area (Å²) in [5.74, 6) is 0.661. The lowest BCUT2D eigenvalue weighted by molar-refractivity contribution is 0.125. The predicted molar refractivity (Wildman–Crippen MR) is 220 cm³/mol.